The molecule has 0 radical (unpaired) electrons. The molecule has 1 saturated heterocycles. The molecule has 0 aromatic carbocycles. The van der Waals surface area contributed by atoms with Crippen molar-refractivity contribution in [3.63, 3.8) is 0 Å². The summed E-state index contributed by atoms with van der Waals surface area (Å²) in [6.07, 6.45) is 3.08. The third kappa shape index (κ3) is 2.15. The summed E-state index contributed by atoms with van der Waals surface area (Å²) in [4.78, 5) is 12.0. The molecule has 2 rings (SSSR count). The van der Waals surface area contributed by atoms with Gasteiger partial charge in [0, 0.05) is 26.7 Å². The van der Waals surface area contributed by atoms with Crippen LogP contribution in [0.15, 0.2) is 0 Å². The molecule has 5 heteroatoms. The highest BCUT2D eigenvalue weighted by atomic mass is 16.5. The fraction of sp³-hybridized carbons (Fsp3) is 0.833. The summed E-state index contributed by atoms with van der Waals surface area (Å²) < 4.78 is 10.7. The molecule has 94 valence electrons. The van der Waals surface area contributed by atoms with Crippen molar-refractivity contribution >= 4 is 5.91 Å². The van der Waals surface area contributed by atoms with Crippen molar-refractivity contribution in [1.29, 1.82) is 5.26 Å². The van der Waals surface area contributed by atoms with Crippen molar-refractivity contribution in [2.24, 2.45) is 5.41 Å². The van der Waals surface area contributed by atoms with Crippen LogP contribution in [0, 0.1) is 16.7 Å². The lowest BCUT2D eigenvalue weighted by molar-refractivity contribution is -0.133. The molecule has 1 unspecified atom stereocenters. The normalized spacial score (nSPS) is 30.4. The lowest BCUT2D eigenvalue weighted by Gasteiger charge is -2.35. The van der Waals surface area contributed by atoms with Crippen molar-refractivity contribution in [2.75, 3.05) is 26.9 Å². The number of rotatable bonds is 4. The average Bonchev–Trinajstić information content (AvgIpc) is 2.75. The van der Waals surface area contributed by atoms with Crippen LogP contribution in [0.2, 0.25) is 0 Å². The summed E-state index contributed by atoms with van der Waals surface area (Å²) in [6, 6.07) is 2.14. The molecular formula is C12H18N2O3. The van der Waals surface area contributed by atoms with Gasteiger partial charge in [-0.15, -0.1) is 0 Å². The number of methoxy groups -OCH3 is 1. The number of ether oxygens (including phenoxy) is 2. The second-order valence-corrected chi connectivity index (χ2v) is 4.92. The van der Waals surface area contributed by atoms with E-state index in [1.54, 1.807) is 7.11 Å². The lowest BCUT2D eigenvalue weighted by Crippen LogP contribution is -2.51. The molecule has 1 N–H and O–H groups in total. The third-order valence-electron chi connectivity index (χ3n) is 3.93. The predicted octanol–water partition coefficient (Wildman–Crippen LogP) is 0.602. The number of nitrogens with one attached hydrogen (secondary N) is 1. The standard InChI is InChI=1S/C12H18N2O3/c1-16-12(5-6-17-9-12)8-14-10(15)11(7-13)3-2-4-11/h2-6,8-9H2,1H3,(H,14,15). The Hall–Kier alpha value is -1.12. The van der Waals surface area contributed by atoms with Crippen LogP contribution in [-0.4, -0.2) is 38.4 Å². The van der Waals surface area contributed by atoms with E-state index in [0.29, 0.717) is 32.6 Å². The van der Waals surface area contributed by atoms with Gasteiger partial charge in [0.2, 0.25) is 5.91 Å². The molecule has 2 fully saturated rings. The summed E-state index contributed by atoms with van der Waals surface area (Å²) >= 11 is 0. The molecule has 5 nitrogen and oxygen atoms in total. The van der Waals surface area contributed by atoms with E-state index >= 15 is 0 Å². The highest BCUT2D eigenvalue weighted by Crippen LogP contribution is 2.40. The van der Waals surface area contributed by atoms with Gasteiger partial charge >= 0.3 is 0 Å². The number of hydrogen-bond donors (Lipinski definition) is 1. The molecule has 1 saturated carbocycles. The highest BCUT2D eigenvalue weighted by Gasteiger charge is 2.45. The first-order valence-electron chi connectivity index (χ1n) is 5.99. The molecule has 1 amide bonds. The zero-order chi connectivity index (χ0) is 12.4. The smallest absolute Gasteiger partial charge is 0.240 e. The van der Waals surface area contributed by atoms with E-state index in [1.807, 2.05) is 0 Å². The molecule has 1 aliphatic carbocycles. The Morgan fingerprint density at radius 3 is 2.71 bits per heavy atom. The summed E-state index contributed by atoms with van der Waals surface area (Å²) in [7, 11) is 1.63. The number of amides is 1. The minimum Gasteiger partial charge on any atom is -0.378 e. The van der Waals surface area contributed by atoms with Crippen molar-refractivity contribution in [3.05, 3.63) is 0 Å². The Morgan fingerprint density at radius 1 is 1.53 bits per heavy atom. The first-order chi connectivity index (χ1) is 8.16. The van der Waals surface area contributed by atoms with Gasteiger partial charge < -0.3 is 14.8 Å². The third-order valence-corrected chi connectivity index (χ3v) is 3.93. The number of carbonyl (C=O) groups excluding carboxylic acids is 1. The minimum absolute atomic E-state index is 0.158. The Labute approximate surface area is 101 Å². The average molecular weight is 238 g/mol. The van der Waals surface area contributed by atoms with Gasteiger partial charge in [0.25, 0.3) is 0 Å². The largest absolute Gasteiger partial charge is 0.378 e. The second kappa shape index (κ2) is 4.63. The summed E-state index contributed by atoms with van der Waals surface area (Å²) in [5.41, 5.74) is -1.19. The van der Waals surface area contributed by atoms with Gasteiger partial charge in [0.05, 0.1) is 12.7 Å². The molecule has 0 aromatic heterocycles. The zero-order valence-electron chi connectivity index (χ0n) is 10.1. The number of nitrogens with zero attached hydrogens (tertiary/aromatic N) is 1. The maximum Gasteiger partial charge on any atom is 0.240 e. The van der Waals surface area contributed by atoms with Crippen LogP contribution in [0.1, 0.15) is 25.7 Å². The number of hydrogen-bond acceptors (Lipinski definition) is 4. The van der Waals surface area contributed by atoms with E-state index in [0.717, 1.165) is 12.8 Å². The van der Waals surface area contributed by atoms with Gasteiger partial charge in [-0.1, -0.05) is 0 Å². The van der Waals surface area contributed by atoms with Gasteiger partial charge in [-0.05, 0) is 19.3 Å². The summed E-state index contributed by atoms with van der Waals surface area (Å²) in [6.45, 7) is 1.59. The fourth-order valence-electron chi connectivity index (χ4n) is 2.29. The first kappa shape index (κ1) is 12.3. The Bertz CT molecular complexity index is 338. The predicted molar refractivity (Wildman–Crippen MR) is 60.1 cm³/mol. The molecule has 0 spiro atoms. The Balaban J connectivity index is 1.89. The topological polar surface area (TPSA) is 71.3 Å². The minimum atomic E-state index is -0.783. The van der Waals surface area contributed by atoms with Gasteiger partial charge in [-0.3, -0.25) is 4.79 Å². The summed E-state index contributed by atoms with van der Waals surface area (Å²) in [5.74, 6) is -0.158. The van der Waals surface area contributed by atoms with Gasteiger partial charge in [-0.25, -0.2) is 0 Å². The van der Waals surface area contributed by atoms with E-state index in [1.165, 1.54) is 0 Å². The van der Waals surface area contributed by atoms with E-state index in [2.05, 4.69) is 11.4 Å². The quantitative estimate of drug-likeness (QED) is 0.778. The zero-order valence-corrected chi connectivity index (χ0v) is 10.1. The van der Waals surface area contributed by atoms with Crippen LogP contribution in [0.5, 0.6) is 0 Å². The van der Waals surface area contributed by atoms with E-state index < -0.39 is 11.0 Å². The highest BCUT2D eigenvalue weighted by molar-refractivity contribution is 5.86. The second-order valence-electron chi connectivity index (χ2n) is 4.92. The van der Waals surface area contributed by atoms with E-state index in [-0.39, 0.29) is 5.91 Å². The maximum absolute atomic E-state index is 12.0. The molecule has 1 heterocycles. The SMILES string of the molecule is COC1(CNC(=O)C2(C#N)CCC2)CCOC1. The molecule has 1 atom stereocenters. The van der Waals surface area contributed by atoms with Crippen LogP contribution in [0.25, 0.3) is 0 Å². The van der Waals surface area contributed by atoms with Crippen molar-refractivity contribution < 1.29 is 14.3 Å². The lowest BCUT2D eigenvalue weighted by atomic mass is 9.69. The number of nitriles is 1. The van der Waals surface area contributed by atoms with Crippen LogP contribution >= 0.6 is 0 Å². The molecule has 0 bridgehead atoms. The Kier molecular flexibility index (Phi) is 3.36. The van der Waals surface area contributed by atoms with E-state index in [4.69, 9.17) is 14.7 Å². The molecular weight excluding hydrogens is 220 g/mol. The fourth-order valence-corrected chi connectivity index (χ4v) is 2.29. The van der Waals surface area contributed by atoms with Gasteiger partial charge in [-0.2, -0.15) is 5.26 Å². The van der Waals surface area contributed by atoms with Crippen molar-refractivity contribution in [2.45, 2.75) is 31.3 Å². The van der Waals surface area contributed by atoms with Crippen molar-refractivity contribution in [1.82, 2.24) is 5.32 Å². The van der Waals surface area contributed by atoms with Crippen LogP contribution < -0.4 is 5.32 Å². The van der Waals surface area contributed by atoms with Crippen molar-refractivity contribution in [3.8, 4) is 6.07 Å². The van der Waals surface area contributed by atoms with Crippen LogP contribution in [-0.2, 0) is 14.3 Å². The first-order valence-corrected chi connectivity index (χ1v) is 5.99. The maximum atomic E-state index is 12.0. The van der Waals surface area contributed by atoms with E-state index in [9.17, 15) is 4.79 Å². The van der Waals surface area contributed by atoms with Gasteiger partial charge in [0.1, 0.15) is 11.0 Å². The van der Waals surface area contributed by atoms with Gasteiger partial charge in [0.15, 0.2) is 0 Å². The summed E-state index contributed by atoms with van der Waals surface area (Å²) in [5, 5.41) is 11.9. The van der Waals surface area contributed by atoms with Crippen LogP contribution in [0.3, 0.4) is 0 Å². The molecule has 1 aliphatic heterocycles. The molecule has 17 heavy (non-hydrogen) atoms. The molecule has 0 aromatic rings. The monoisotopic (exact) mass is 238 g/mol. The molecule has 2 aliphatic rings. The number of carbonyl (C=O) groups is 1. The van der Waals surface area contributed by atoms with Crippen LogP contribution in [0.4, 0.5) is 0 Å². The Morgan fingerprint density at radius 2 is 2.29 bits per heavy atom.